The van der Waals surface area contributed by atoms with Crippen LogP contribution in [0.4, 0.5) is 17.3 Å². The van der Waals surface area contributed by atoms with Crippen molar-refractivity contribution in [3.63, 3.8) is 0 Å². The molecule has 7 rings (SSSR count). The quantitative estimate of drug-likeness (QED) is 0.224. The van der Waals surface area contributed by atoms with Gasteiger partial charge in [-0.2, -0.15) is 0 Å². The van der Waals surface area contributed by atoms with Gasteiger partial charge in [-0.25, -0.2) is 14.2 Å². The molecule has 4 heterocycles. The van der Waals surface area contributed by atoms with Gasteiger partial charge in [0.2, 0.25) is 5.95 Å². The zero-order valence-electron chi connectivity index (χ0n) is 25.8. The van der Waals surface area contributed by atoms with E-state index in [1.165, 1.54) is 19.5 Å². The predicted molar refractivity (Wildman–Crippen MR) is 187 cm³/mol. The number of nitrogens with zero attached hydrogens (tertiary/aromatic N) is 6. The molecule has 0 bridgehead atoms. The summed E-state index contributed by atoms with van der Waals surface area (Å²) in [7, 11) is 1.05. The van der Waals surface area contributed by atoms with E-state index < -0.39 is 11.0 Å². The largest absolute Gasteiger partial charge is 0.370 e. The summed E-state index contributed by atoms with van der Waals surface area (Å²) < 4.78 is 15.6. The third-order valence-corrected chi connectivity index (χ3v) is 12.1. The molecule has 1 unspecified atom stereocenters. The molecule has 0 radical (unpaired) electrons. The summed E-state index contributed by atoms with van der Waals surface area (Å²) in [4.78, 5) is 16.8. The summed E-state index contributed by atoms with van der Waals surface area (Å²) >= 11 is 13.6. The maximum atomic E-state index is 13.7. The first-order valence-corrected chi connectivity index (χ1v) is 18.2. The molecule has 11 heteroatoms. The molecule has 2 saturated heterocycles. The van der Waals surface area contributed by atoms with Crippen LogP contribution < -0.4 is 10.2 Å². The van der Waals surface area contributed by atoms with E-state index >= 15 is 0 Å². The van der Waals surface area contributed by atoms with Gasteiger partial charge in [0.05, 0.1) is 38.4 Å². The number of piperidine rings is 1. The number of hydrogen-bond acceptors (Lipinski definition) is 7. The van der Waals surface area contributed by atoms with Crippen LogP contribution >= 0.6 is 23.2 Å². The summed E-state index contributed by atoms with van der Waals surface area (Å²) in [5.41, 5.74) is 4.26. The molecule has 1 N–H and O–H groups in total. The second-order valence-corrected chi connectivity index (χ2v) is 15.1. The average Bonchev–Trinajstić information content (AvgIpc) is 3.46. The van der Waals surface area contributed by atoms with E-state index in [0.29, 0.717) is 27.7 Å². The van der Waals surface area contributed by atoms with Crippen molar-refractivity contribution in [3.05, 3.63) is 64.9 Å². The van der Waals surface area contributed by atoms with E-state index in [0.717, 1.165) is 92.5 Å². The molecule has 3 fully saturated rings. The van der Waals surface area contributed by atoms with Crippen LogP contribution in [-0.4, -0.2) is 85.6 Å². The van der Waals surface area contributed by atoms with Gasteiger partial charge in [-0.05, 0) is 57.0 Å². The van der Waals surface area contributed by atoms with Crippen molar-refractivity contribution in [2.45, 2.75) is 56.2 Å². The molecule has 0 amide bonds. The van der Waals surface area contributed by atoms with Gasteiger partial charge < -0.3 is 15.1 Å². The average molecular weight is 667 g/mol. The molecule has 4 aromatic rings. The lowest BCUT2D eigenvalue weighted by Gasteiger charge is -2.42. The van der Waals surface area contributed by atoms with Crippen molar-refractivity contribution in [2.24, 2.45) is 0 Å². The van der Waals surface area contributed by atoms with E-state index in [2.05, 4.69) is 38.1 Å². The van der Waals surface area contributed by atoms with Gasteiger partial charge in [0.25, 0.3) is 0 Å². The Kier molecular flexibility index (Phi) is 9.33. The number of likely N-dealkylation sites (N-methyl/N-ethyl adjacent to an activating group) is 1. The molecule has 8 nitrogen and oxygen atoms in total. The number of anilines is 3. The molecule has 0 spiro atoms. The lowest BCUT2D eigenvalue weighted by Crippen LogP contribution is -2.52. The molecule has 45 heavy (non-hydrogen) atoms. The Morgan fingerprint density at radius 2 is 1.64 bits per heavy atom. The fraction of sp³-hybridized carbons (Fsp3) is 0.471. The van der Waals surface area contributed by atoms with E-state index in [1.807, 2.05) is 46.6 Å². The van der Waals surface area contributed by atoms with Crippen molar-refractivity contribution in [1.29, 1.82) is 0 Å². The standard InChI is InChI=1S/C34H41Cl2N7OS/c1-40-17-19-41(20-18-40)25-13-15-42(16-14-25)32-12-11-24(21-29(32)35)38-34-37-22-30(36)33(39-34)28-23-43(31-10-6-5-9-27(28)31)45(44)26-7-3-2-4-8-26/h5-6,9-12,21-23,25-26H,2-4,7-8,13-20H2,1H3,(H,37,38,39). The zero-order valence-corrected chi connectivity index (χ0v) is 28.1. The maximum Gasteiger partial charge on any atom is 0.227 e. The lowest BCUT2D eigenvalue weighted by molar-refractivity contribution is 0.0982. The molecule has 2 aromatic carbocycles. The topological polar surface area (TPSA) is 69.5 Å². The van der Waals surface area contributed by atoms with Crippen LogP contribution in [0, 0.1) is 0 Å². The van der Waals surface area contributed by atoms with Gasteiger partial charge in [0.15, 0.2) is 0 Å². The van der Waals surface area contributed by atoms with Crippen LogP contribution in [0.1, 0.15) is 44.9 Å². The number of fused-ring (bicyclic) bond motifs is 1. The normalized spacial score (nSPS) is 20.1. The number of piperazine rings is 1. The van der Waals surface area contributed by atoms with Crippen LogP contribution in [0.2, 0.25) is 10.0 Å². The van der Waals surface area contributed by atoms with Crippen molar-refractivity contribution < 1.29 is 4.21 Å². The predicted octanol–water partition coefficient (Wildman–Crippen LogP) is 7.21. The van der Waals surface area contributed by atoms with Crippen molar-refractivity contribution in [3.8, 4) is 11.3 Å². The van der Waals surface area contributed by atoms with Crippen LogP contribution in [0.3, 0.4) is 0 Å². The highest BCUT2D eigenvalue weighted by Crippen LogP contribution is 2.37. The third-order valence-electron chi connectivity index (χ3n) is 9.77. The first kappa shape index (κ1) is 30.9. The van der Waals surface area contributed by atoms with Gasteiger partial charge in [-0.3, -0.25) is 8.87 Å². The van der Waals surface area contributed by atoms with Crippen molar-refractivity contribution >= 4 is 62.4 Å². The number of halogens is 2. The van der Waals surface area contributed by atoms with Crippen LogP contribution in [0.15, 0.2) is 54.9 Å². The summed E-state index contributed by atoms with van der Waals surface area (Å²) in [6.45, 7) is 6.66. The number of nitrogens with one attached hydrogen (secondary N) is 1. The fourth-order valence-corrected chi connectivity index (χ4v) is 9.27. The first-order valence-electron chi connectivity index (χ1n) is 16.2. The highest BCUT2D eigenvalue weighted by Gasteiger charge is 2.28. The molecular weight excluding hydrogens is 625 g/mol. The smallest absolute Gasteiger partial charge is 0.227 e. The Bertz CT molecular complexity index is 1670. The molecule has 3 aliphatic rings. The number of benzene rings is 2. The summed E-state index contributed by atoms with van der Waals surface area (Å²) in [5, 5.41) is 5.62. The van der Waals surface area contributed by atoms with Crippen LogP contribution in [0.25, 0.3) is 22.2 Å². The minimum Gasteiger partial charge on any atom is -0.370 e. The highest BCUT2D eigenvalue weighted by molar-refractivity contribution is 7.84. The molecular formula is C34H41Cl2N7OS. The van der Waals surface area contributed by atoms with E-state index in [1.54, 1.807) is 6.20 Å². The Morgan fingerprint density at radius 1 is 0.889 bits per heavy atom. The van der Waals surface area contributed by atoms with Crippen molar-refractivity contribution in [1.82, 2.24) is 23.7 Å². The van der Waals surface area contributed by atoms with Gasteiger partial charge >= 0.3 is 0 Å². The maximum absolute atomic E-state index is 13.7. The van der Waals surface area contributed by atoms with E-state index in [9.17, 15) is 4.21 Å². The van der Waals surface area contributed by atoms with Gasteiger partial charge in [-0.15, -0.1) is 0 Å². The zero-order chi connectivity index (χ0) is 30.9. The second kappa shape index (κ2) is 13.6. The second-order valence-electron chi connectivity index (χ2n) is 12.7. The Hall–Kier alpha value is -2.69. The van der Waals surface area contributed by atoms with E-state index in [4.69, 9.17) is 28.2 Å². The van der Waals surface area contributed by atoms with Gasteiger partial charge in [0, 0.05) is 68.1 Å². The lowest BCUT2D eigenvalue weighted by atomic mass is 10.0. The molecule has 1 atom stereocenters. The van der Waals surface area contributed by atoms with Crippen LogP contribution in [-0.2, 0) is 11.0 Å². The van der Waals surface area contributed by atoms with Crippen LogP contribution in [0.5, 0.6) is 0 Å². The highest BCUT2D eigenvalue weighted by atomic mass is 35.5. The van der Waals surface area contributed by atoms with E-state index in [-0.39, 0.29) is 5.25 Å². The summed E-state index contributed by atoms with van der Waals surface area (Å²) in [6.07, 6.45) is 11.4. The summed E-state index contributed by atoms with van der Waals surface area (Å²) in [6, 6.07) is 14.8. The number of rotatable bonds is 7. The Balaban J connectivity index is 1.08. The van der Waals surface area contributed by atoms with Gasteiger partial charge in [0.1, 0.15) is 11.0 Å². The number of aromatic nitrogens is 3. The fourth-order valence-electron chi connectivity index (χ4n) is 7.16. The summed E-state index contributed by atoms with van der Waals surface area (Å²) in [5.74, 6) is 0.427. The molecule has 2 aliphatic heterocycles. The molecule has 1 aliphatic carbocycles. The number of hydrogen-bond donors (Lipinski definition) is 1. The monoisotopic (exact) mass is 665 g/mol. The van der Waals surface area contributed by atoms with Gasteiger partial charge in [-0.1, -0.05) is 60.7 Å². The SMILES string of the molecule is CN1CCN(C2CCN(c3ccc(Nc4ncc(Cl)c(-c5cn(S(=O)C6CCCCC6)c6ccccc56)n4)cc3Cl)CC2)CC1. The third kappa shape index (κ3) is 6.60. The number of para-hydroxylation sites is 1. The minimum absolute atomic E-state index is 0.163. The molecule has 238 valence electrons. The molecule has 1 saturated carbocycles. The Morgan fingerprint density at radius 3 is 2.40 bits per heavy atom. The Labute approximate surface area is 278 Å². The first-order chi connectivity index (χ1) is 21.9. The minimum atomic E-state index is -1.16. The molecule has 2 aromatic heterocycles. The van der Waals surface area contributed by atoms with Crippen molar-refractivity contribution in [2.75, 3.05) is 56.5 Å².